The van der Waals surface area contributed by atoms with Gasteiger partial charge in [-0.15, -0.1) is 0 Å². The minimum Gasteiger partial charge on any atom is -0.492 e. The average molecular weight is 617 g/mol. The van der Waals surface area contributed by atoms with Crippen molar-refractivity contribution in [2.24, 2.45) is 0 Å². The van der Waals surface area contributed by atoms with E-state index in [9.17, 15) is 4.39 Å². The third-order valence-corrected chi connectivity index (χ3v) is 9.30. The zero-order valence-corrected chi connectivity index (χ0v) is 25.8. The quantitative estimate of drug-likeness (QED) is 0.170. The van der Waals surface area contributed by atoms with Gasteiger partial charge in [0.1, 0.15) is 23.9 Å². The van der Waals surface area contributed by atoms with Gasteiger partial charge in [-0.2, -0.15) is 5.10 Å². The highest BCUT2D eigenvalue weighted by Crippen LogP contribution is 2.36. The first kappa shape index (κ1) is 28.7. The van der Waals surface area contributed by atoms with Crippen LogP contribution in [0.4, 0.5) is 4.39 Å². The van der Waals surface area contributed by atoms with Crippen LogP contribution in [0.1, 0.15) is 44.9 Å². The van der Waals surface area contributed by atoms with Crippen molar-refractivity contribution in [3.63, 3.8) is 0 Å². The number of nitrogens with one attached hydrogen (secondary N) is 2. The Balaban J connectivity index is 1.08. The van der Waals surface area contributed by atoms with E-state index in [0.29, 0.717) is 18.0 Å². The predicted octanol–water partition coefficient (Wildman–Crippen LogP) is 8.16. The summed E-state index contributed by atoms with van der Waals surface area (Å²) in [4.78, 5) is 15.1. The summed E-state index contributed by atoms with van der Waals surface area (Å²) in [5.41, 5.74) is 6.84. The first-order chi connectivity index (χ1) is 22.7. The normalized spacial score (nSPS) is 16.0. The van der Waals surface area contributed by atoms with Crippen molar-refractivity contribution in [2.75, 3.05) is 26.2 Å². The fourth-order valence-corrected chi connectivity index (χ4v) is 6.92. The number of halogens is 1. The number of hydrogen-bond acceptors (Lipinski definition) is 6. The molecule has 234 valence electrons. The van der Waals surface area contributed by atoms with Gasteiger partial charge in [-0.3, -0.25) is 15.0 Å². The smallest absolute Gasteiger partial charge is 0.181 e. The number of nitrogens with zero attached hydrogens (tertiary/aromatic N) is 4. The Morgan fingerprint density at radius 3 is 2.57 bits per heavy atom. The van der Waals surface area contributed by atoms with E-state index in [4.69, 9.17) is 9.47 Å². The molecule has 8 rings (SSSR count). The van der Waals surface area contributed by atoms with E-state index in [1.807, 2.05) is 42.7 Å². The molecule has 2 N–H and O–H groups in total. The van der Waals surface area contributed by atoms with Gasteiger partial charge < -0.3 is 14.5 Å². The number of hydrogen-bond donors (Lipinski definition) is 2. The van der Waals surface area contributed by atoms with Crippen LogP contribution < -0.4 is 9.47 Å². The number of ether oxygens (including phenoxy) is 2. The van der Waals surface area contributed by atoms with E-state index >= 15 is 0 Å². The molecule has 9 heteroatoms. The molecule has 1 saturated heterocycles. The predicted molar refractivity (Wildman–Crippen MR) is 178 cm³/mol. The van der Waals surface area contributed by atoms with Crippen molar-refractivity contribution in [1.82, 2.24) is 30.0 Å². The summed E-state index contributed by atoms with van der Waals surface area (Å²) >= 11 is 0. The maximum Gasteiger partial charge on any atom is 0.181 e. The van der Waals surface area contributed by atoms with Crippen LogP contribution in [0.25, 0.3) is 55.6 Å². The highest BCUT2D eigenvalue weighted by molar-refractivity contribution is 6.01. The monoisotopic (exact) mass is 616 g/mol. The van der Waals surface area contributed by atoms with Crippen LogP contribution in [0, 0.1) is 5.82 Å². The van der Waals surface area contributed by atoms with Gasteiger partial charge in [0.2, 0.25) is 0 Å². The zero-order valence-electron chi connectivity index (χ0n) is 25.8. The second-order valence-electron chi connectivity index (χ2n) is 12.5. The minimum absolute atomic E-state index is 0.255. The van der Waals surface area contributed by atoms with Crippen molar-refractivity contribution in [1.29, 1.82) is 0 Å². The van der Waals surface area contributed by atoms with Crippen molar-refractivity contribution >= 4 is 21.9 Å². The Bertz CT molecular complexity index is 1990. The SMILES string of the molecule is Fc1cc(OCCN2CCCC2)cc(-c2cccc3[nH]c(-c4[nH]nc5ncc(-c6cncc(OC7CCCCC7)c6)cc45)cc23)c1. The van der Waals surface area contributed by atoms with Crippen LogP contribution in [0.15, 0.2) is 73.2 Å². The number of benzene rings is 2. The number of fused-ring (bicyclic) bond motifs is 2. The van der Waals surface area contributed by atoms with Gasteiger partial charge in [0, 0.05) is 52.4 Å². The van der Waals surface area contributed by atoms with Gasteiger partial charge >= 0.3 is 0 Å². The lowest BCUT2D eigenvalue weighted by Crippen LogP contribution is -2.25. The lowest BCUT2D eigenvalue weighted by atomic mass is 9.98. The number of likely N-dealkylation sites (tertiary alicyclic amines) is 1. The van der Waals surface area contributed by atoms with Crippen LogP contribution in [0.3, 0.4) is 0 Å². The third-order valence-electron chi connectivity index (χ3n) is 9.30. The van der Waals surface area contributed by atoms with Gasteiger partial charge in [0.25, 0.3) is 0 Å². The fourth-order valence-electron chi connectivity index (χ4n) is 6.92. The first-order valence-electron chi connectivity index (χ1n) is 16.4. The van der Waals surface area contributed by atoms with Crippen LogP contribution in [0.5, 0.6) is 11.5 Å². The van der Waals surface area contributed by atoms with Gasteiger partial charge in [0.05, 0.1) is 23.7 Å². The Kier molecular flexibility index (Phi) is 7.83. The molecule has 46 heavy (non-hydrogen) atoms. The van der Waals surface area contributed by atoms with E-state index in [0.717, 1.165) is 88.2 Å². The van der Waals surface area contributed by atoms with Crippen molar-refractivity contribution in [2.45, 2.75) is 51.0 Å². The van der Waals surface area contributed by atoms with E-state index in [-0.39, 0.29) is 11.9 Å². The lowest BCUT2D eigenvalue weighted by Gasteiger charge is -2.23. The maximum absolute atomic E-state index is 14.8. The topological polar surface area (TPSA) is 92.0 Å². The first-order valence-corrected chi connectivity index (χ1v) is 16.4. The molecular weight excluding hydrogens is 579 g/mol. The molecule has 0 radical (unpaired) electrons. The molecule has 8 nitrogen and oxygen atoms in total. The zero-order chi connectivity index (χ0) is 30.9. The summed E-state index contributed by atoms with van der Waals surface area (Å²) in [6.07, 6.45) is 14.1. The van der Waals surface area contributed by atoms with Crippen LogP contribution >= 0.6 is 0 Å². The van der Waals surface area contributed by atoms with Crippen molar-refractivity contribution < 1.29 is 13.9 Å². The number of aromatic amines is 2. The fraction of sp³-hybridized carbons (Fsp3) is 0.324. The lowest BCUT2D eigenvalue weighted by molar-refractivity contribution is 0.154. The third kappa shape index (κ3) is 5.95. The summed E-state index contributed by atoms with van der Waals surface area (Å²) < 4.78 is 27.1. The van der Waals surface area contributed by atoms with Gasteiger partial charge in [-0.25, -0.2) is 9.37 Å². The highest BCUT2D eigenvalue weighted by Gasteiger charge is 2.18. The van der Waals surface area contributed by atoms with Crippen LogP contribution in [-0.2, 0) is 0 Å². The van der Waals surface area contributed by atoms with E-state index in [1.54, 1.807) is 12.3 Å². The largest absolute Gasteiger partial charge is 0.492 e. The second-order valence-corrected chi connectivity index (χ2v) is 12.5. The molecule has 2 fully saturated rings. The summed E-state index contributed by atoms with van der Waals surface area (Å²) in [7, 11) is 0. The average Bonchev–Trinajstić information content (AvgIpc) is 3.85. The number of rotatable bonds is 9. The van der Waals surface area contributed by atoms with E-state index < -0.39 is 0 Å². The molecule has 1 aliphatic carbocycles. The molecule has 0 unspecified atom stereocenters. The molecular formula is C37H37FN6O2. The molecule has 5 heterocycles. The summed E-state index contributed by atoms with van der Waals surface area (Å²) in [6, 6.07) is 17.2. The number of aromatic nitrogens is 5. The minimum atomic E-state index is -0.317. The Labute approximate surface area is 267 Å². The molecule has 4 aromatic heterocycles. The summed E-state index contributed by atoms with van der Waals surface area (Å²) in [5, 5.41) is 9.55. The number of H-pyrrole nitrogens is 2. The molecule has 6 aromatic rings. The Morgan fingerprint density at radius 2 is 1.67 bits per heavy atom. The van der Waals surface area contributed by atoms with Gasteiger partial charge in [-0.1, -0.05) is 18.6 Å². The van der Waals surface area contributed by atoms with E-state index in [2.05, 4.69) is 42.2 Å². The second kappa shape index (κ2) is 12.6. The summed E-state index contributed by atoms with van der Waals surface area (Å²) in [5.74, 6) is 1.02. The maximum atomic E-state index is 14.8. The van der Waals surface area contributed by atoms with Crippen LogP contribution in [-0.4, -0.2) is 62.4 Å². The molecule has 1 aliphatic heterocycles. The highest BCUT2D eigenvalue weighted by atomic mass is 19.1. The Morgan fingerprint density at radius 1 is 0.826 bits per heavy atom. The molecule has 2 aromatic carbocycles. The molecule has 0 bridgehead atoms. The van der Waals surface area contributed by atoms with Gasteiger partial charge in [-0.05, 0) is 99.1 Å². The van der Waals surface area contributed by atoms with E-state index in [1.165, 1.54) is 38.2 Å². The van der Waals surface area contributed by atoms with Crippen LogP contribution in [0.2, 0.25) is 0 Å². The van der Waals surface area contributed by atoms with Crippen molar-refractivity contribution in [3.05, 3.63) is 79.0 Å². The summed E-state index contributed by atoms with van der Waals surface area (Å²) in [6.45, 7) is 3.61. The van der Waals surface area contributed by atoms with Gasteiger partial charge in [0.15, 0.2) is 5.65 Å². The molecule has 1 saturated carbocycles. The Hall–Kier alpha value is -4.76. The molecule has 2 aliphatic rings. The number of pyridine rings is 2. The van der Waals surface area contributed by atoms with Crippen molar-refractivity contribution in [3.8, 4) is 45.1 Å². The molecule has 0 spiro atoms. The molecule has 0 atom stereocenters. The molecule has 0 amide bonds. The standard InChI is InChI=1S/C37H37FN6O2/c38-27-15-24(16-29(19-27)45-14-13-44-11-4-5-12-44)31-9-6-10-34-32(31)20-35(41-34)36-33-18-26(22-40-37(33)43-42-36)25-17-30(23-39-21-25)46-28-7-2-1-3-8-28/h6,9-10,15-23,28,41H,1-5,7-8,11-14H2,(H,40,42,43).